The SMILES string of the molecule is CCCCCCCCCCCCCCCCCC/C=C/C(O)C(COC1OC(CO)C(OC2OC(CO)C(O)C(OC3(C(=O)O)CC(O)C(NC(C)=O)C(C(O)C(O)CO)O3)C2O)C(O)C1O)NC(=O)CCCCCCCCCCCCCCCCCC. The summed E-state index contributed by atoms with van der Waals surface area (Å²) in [5.41, 5.74) is 0. The molecule has 0 aromatic carbocycles. The quantitative estimate of drug-likeness (QED) is 0.0264. The molecule has 14 N–H and O–H groups in total. The lowest BCUT2D eigenvalue weighted by Crippen LogP contribution is -2.70. The molecule has 516 valence electrons. The highest BCUT2D eigenvalue weighted by atomic mass is 16.8. The first-order valence-corrected chi connectivity index (χ1v) is 34.1. The van der Waals surface area contributed by atoms with Crippen LogP contribution in [-0.2, 0) is 42.8 Å². The third-order valence-electron chi connectivity index (χ3n) is 17.5. The van der Waals surface area contributed by atoms with Crippen molar-refractivity contribution < 1.29 is 104 Å². The number of carbonyl (C=O) groups excluding carboxylic acids is 2. The Hall–Kier alpha value is -2.53. The molecule has 23 heteroatoms. The number of hydrogen-bond donors (Lipinski definition) is 14. The van der Waals surface area contributed by atoms with Crippen molar-refractivity contribution >= 4 is 17.8 Å². The number of aliphatic carboxylic acids is 1. The van der Waals surface area contributed by atoms with E-state index in [0.717, 1.165) is 51.9 Å². The van der Waals surface area contributed by atoms with Crippen molar-refractivity contribution in [1.29, 1.82) is 0 Å². The van der Waals surface area contributed by atoms with Crippen LogP contribution in [0.5, 0.6) is 0 Å². The van der Waals surface area contributed by atoms with Gasteiger partial charge in [0.1, 0.15) is 67.1 Å². The summed E-state index contributed by atoms with van der Waals surface area (Å²) in [5.74, 6) is -6.14. The van der Waals surface area contributed by atoms with Crippen molar-refractivity contribution in [1.82, 2.24) is 10.6 Å². The fourth-order valence-electron chi connectivity index (χ4n) is 12.0. The second-order valence-electron chi connectivity index (χ2n) is 25.0. The van der Waals surface area contributed by atoms with Crippen LogP contribution in [0.4, 0.5) is 0 Å². The number of aliphatic hydroxyl groups is 11. The van der Waals surface area contributed by atoms with Crippen LogP contribution in [0.1, 0.15) is 245 Å². The molecule has 2 amide bonds. The largest absolute Gasteiger partial charge is 0.477 e. The van der Waals surface area contributed by atoms with Gasteiger partial charge in [0.15, 0.2) is 12.6 Å². The molecule has 88 heavy (non-hydrogen) atoms. The monoisotopic (exact) mass is 1260 g/mol. The van der Waals surface area contributed by atoms with Crippen molar-refractivity contribution in [2.24, 2.45) is 0 Å². The summed E-state index contributed by atoms with van der Waals surface area (Å²) in [5, 5.41) is 136. The van der Waals surface area contributed by atoms with Crippen molar-refractivity contribution in [3.63, 3.8) is 0 Å². The van der Waals surface area contributed by atoms with Crippen molar-refractivity contribution in [3.05, 3.63) is 12.2 Å². The van der Waals surface area contributed by atoms with E-state index in [4.69, 9.17) is 28.4 Å². The van der Waals surface area contributed by atoms with Crippen LogP contribution in [0.15, 0.2) is 12.2 Å². The minimum atomic E-state index is -3.08. The summed E-state index contributed by atoms with van der Waals surface area (Å²) < 4.78 is 34.8. The number of carboxylic acid groups (broad SMARTS) is 1. The van der Waals surface area contributed by atoms with E-state index < -0.39 is 155 Å². The Morgan fingerprint density at radius 1 is 0.591 bits per heavy atom. The van der Waals surface area contributed by atoms with Crippen LogP contribution in [0.3, 0.4) is 0 Å². The highest BCUT2D eigenvalue weighted by molar-refractivity contribution is 5.77. The highest BCUT2D eigenvalue weighted by Gasteiger charge is 2.60. The number of unbranched alkanes of at least 4 members (excludes halogenated alkanes) is 31. The number of carboxylic acids is 1. The van der Waals surface area contributed by atoms with Gasteiger partial charge in [0.25, 0.3) is 5.79 Å². The van der Waals surface area contributed by atoms with Gasteiger partial charge in [0, 0.05) is 19.8 Å². The van der Waals surface area contributed by atoms with Crippen LogP contribution in [0.25, 0.3) is 0 Å². The number of rotatable bonds is 51. The maximum Gasteiger partial charge on any atom is 0.364 e. The van der Waals surface area contributed by atoms with Crippen LogP contribution >= 0.6 is 0 Å². The minimum Gasteiger partial charge on any atom is -0.477 e. The molecule has 0 bridgehead atoms. The van der Waals surface area contributed by atoms with Crippen molar-refractivity contribution in [2.45, 2.75) is 355 Å². The second-order valence-corrected chi connectivity index (χ2v) is 25.0. The zero-order valence-corrected chi connectivity index (χ0v) is 53.6. The molecule has 0 spiro atoms. The van der Waals surface area contributed by atoms with E-state index in [1.165, 1.54) is 154 Å². The molecule has 0 aromatic heterocycles. The third-order valence-corrected chi connectivity index (χ3v) is 17.5. The van der Waals surface area contributed by atoms with Gasteiger partial charge in [-0.25, -0.2) is 4.79 Å². The van der Waals surface area contributed by atoms with E-state index in [1.807, 2.05) is 6.08 Å². The number of carbonyl (C=O) groups is 3. The third kappa shape index (κ3) is 29.2. The topological polar surface area (TPSA) is 373 Å². The van der Waals surface area contributed by atoms with Gasteiger partial charge >= 0.3 is 5.97 Å². The average Bonchev–Trinajstić information content (AvgIpc) is 0.808. The summed E-state index contributed by atoms with van der Waals surface area (Å²) in [6.45, 7) is 2.14. The Morgan fingerprint density at radius 2 is 1.06 bits per heavy atom. The number of allylic oxidation sites excluding steroid dienone is 1. The lowest BCUT2D eigenvalue weighted by molar-refractivity contribution is -0.386. The minimum absolute atomic E-state index is 0.205. The first kappa shape index (κ1) is 79.7. The number of aliphatic hydroxyl groups excluding tert-OH is 11. The summed E-state index contributed by atoms with van der Waals surface area (Å²) in [7, 11) is 0. The molecular weight excluding hydrogens is 1140 g/mol. The molecular formula is C65H120N2O21. The van der Waals surface area contributed by atoms with E-state index in [1.54, 1.807) is 6.08 Å². The number of amides is 2. The van der Waals surface area contributed by atoms with Gasteiger partial charge < -0.3 is 100 Å². The molecule has 3 rings (SSSR count). The Labute approximate surface area is 524 Å². The van der Waals surface area contributed by atoms with Crippen LogP contribution in [0, 0.1) is 0 Å². The van der Waals surface area contributed by atoms with Crippen LogP contribution < -0.4 is 10.6 Å². The van der Waals surface area contributed by atoms with Gasteiger partial charge in [0.2, 0.25) is 11.8 Å². The lowest BCUT2D eigenvalue weighted by Gasteiger charge is -2.50. The maximum absolute atomic E-state index is 13.4. The Balaban J connectivity index is 1.62. The number of ether oxygens (including phenoxy) is 6. The predicted molar refractivity (Wildman–Crippen MR) is 329 cm³/mol. The van der Waals surface area contributed by atoms with Crippen LogP contribution in [-0.4, -0.2) is 215 Å². The van der Waals surface area contributed by atoms with E-state index in [-0.39, 0.29) is 12.3 Å². The fourth-order valence-corrected chi connectivity index (χ4v) is 12.0. The van der Waals surface area contributed by atoms with Gasteiger partial charge in [-0.05, 0) is 19.3 Å². The molecule has 0 aromatic rings. The molecule has 18 unspecified atom stereocenters. The summed E-state index contributed by atoms with van der Waals surface area (Å²) >= 11 is 0. The highest BCUT2D eigenvalue weighted by Crippen LogP contribution is 2.39. The predicted octanol–water partition coefficient (Wildman–Crippen LogP) is 5.51. The van der Waals surface area contributed by atoms with Gasteiger partial charge in [-0.1, -0.05) is 219 Å². The standard InChI is InChI=1S/C65H120N2O21/c1-4-6-8-10-12-14-16-18-20-22-23-24-26-28-30-32-34-36-38-47(72)46(67-52(75)39-37-35-33-31-29-27-25-21-19-17-15-13-11-9-7-5-2)44-83-62-57(79)56(78)59(51(43-70)85-62)86-63-58(80)61(55(77)50(42-69)84-63)88-65(64(81)82)40-48(73)53(66-45(3)71)60(87-65)54(76)49(74)41-68/h36,38,46-51,53-63,68-70,72-74,76-80H,4-35,37,39-44H2,1-3H3,(H,66,71)(H,67,75)(H,81,82)/b38-36+. The first-order valence-electron chi connectivity index (χ1n) is 34.1. The van der Waals surface area contributed by atoms with E-state index in [0.29, 0.717) is 12.8 Å². The van der Waals surface area contributed by atoms with Gasteiger partial charge in [-0.3, -0.25) is 9.59 Å². The maximum atomic E-state index is 13.4. The first-order chi connectivity index (χ1) is 42.4. The molecule has 0 saturated carbocycles. The molecule has 3 saturated heterocycles. The molecule has 3 aliphatic heterocycles. The van der Waals surface area contributed by atoms with E-state index in [9.17, 15) is 75.7 Å². The molecule has 3 aliphatic rings. The summed E-state index contributed by atoms with van der Waals surface area (Å²) in [4.78, 5) is 38.5. The van der Waals surface area contributed by atoms with E-state index in [2.05, 4.69) is 24.5 Å². The second kappa shape index (κ2) is 46.5. The summed E-state index contributed by atoms with van der Waals surface area (Å²) in [6, 6.07) is -2.61. The fraction of sp³-hybridized carbons (Fsp3) is 0.923. The van der Waals surface area contributed by atoms with Crippen molar-refractivity contribution in [2.75, 3.05) is 26.4 Å². The average molecular weight is 1270 g/mol. The Morgan fingerprint density at radius 3 is 1.51 bits per heavy atom. The zero-order valence-electron chi connectivity index (χ0n) is 53.6. The zero-order chi connectivity index (χ0) is 64.7. The molecule has 0 aliphatic carbocycles. The van der Waals surface area contributed by atoms with E-state index >= 15 is 0 Å². The smallest absolute Gasteiger partial charge is 0.364 e. The number of hydrogen-bond acceptors (Lipinski definition) is 20. The molecule has 3 heterocycles. The Bertz CT molecular complexity index is 1840. The van der Waals surface area contributed by atoms with Gasteiger partial charge in [0.05, 0.1) is 50.7 Å². The number of nitrogens with one attached hydrogen (secondary N) is 2. The molecule has 3 fully saturated rings. The molecule has 0 radical (unpaired) electrons. The Kier molecular flexibility index (Phi) is 42.1. The summed E-state index contributed by atoms with van der Waals surface area (Å²) in [6.07, 6.45) is 13.9. The van der Waals surface area contributed by atoms with Crippen LogP contribution in [0.2, 0.25) is 0 Å². The van der Waals surface area contributed by atoms with Crippen molar-refractivity contribution in [3.8, 4) is 0 Å². The lowest BCUT2D eigenvalue weighted by atomic mass is 9.88. The van der Waals surface area contributed by atoms with Gasteiger partial charge in [-0.15, -0.1) is 0 Å². The molecule has 23 nitrogen and oxygen atoms in total. The molecule has 18 atom stereocenters. The normalized spacial score (nSPS) is 29.0. The van der Waals surface area contributed by atoms with Gasteiger partial charge in [-0.2, -0.15) is 0 Å².